The molecule has 0 bridgehead atoms. The predicted octanol–water partition coefficient (Wildman–Crippen LogP) is 1.31. The van der Waals surface area contributed by atoms with E-state index in [-0.39, 0.29) is 11.2 Å². The van der Waals surface area contributed by atoms with Gasteiger partial charge in [0.05, 0.1) is 5.75 Å². The van der Waals surface area contributed by atoms with Gasteiger partial charge in [-0.3, -0.25) is 0 Å². The van der Waals surface area contributed by atoms with E-state index in [0.29, 0.717) is 6.54 Å². The van der Waals surface area contributed by atoms with Crippen LogP contribution in [0.5, 0.6) is 0 Å². The van der Waals surface area contributed by atoms with Crippen LogP contribution in [0.15, 0.2) is 0 Å². The van der Waals surface area contributed by atoms with Gasteiger partial charge in [-0.15, -0.1) is 0 Å². The zero-order valence-electron chi connectivity index (χ0n) is 8.59. The highest BCUT2D eigenvalue weighted by molar-refractivity contribution is 7.89. The van der Waals surface area contributed by atoms with Gasteiger partial charge in [-0.25, -0.2) is 12.7 Å². The summed E-state index contributed by atoms with van der Waals surface area (Å²) < 4.78 is 24.0. The summed E-state index contributed by atoms with van der Waals surface area (Å²) in [5, 5.41) is 0. The van der Waals surface area contributed by atoms with Crippen LogP contribution in [0.1, 0.15) is 27.7 Å². The van der Waals surface area contributed by atoms with Crippen molar-refractivity contribution in [1.29, 1.82) is 0 Å². The molecular formula is C8H19NO2S. The highest BCUT2D eigenvalue weighted by atomic mass is 32.2. The van der Waals surface area contributed by atoms with E-state index in [0.717, 1.165) is 0 Å². The second-order valence-corrected chi connectivity index (χ2v) is 6.58. The third-order valence-corrected chi connectivity index (χ3v) is 3.35. The lowest BCUT2D eigenvalue weighted by Gasteiger charge is -2.25. The molecule has 4 heteroatoms. The van der Waals surface area contributed by atoms with E-state index in [2.05, 4.69) is 0 Å². The summed E-state index contributed by atoms with van der Waals surface area (Å²) in [7, 11) is -1.37. The first-order valence-corrected chi connectivity index (χ1v) is 5.74. The number of hydrogen-bond donors (Lipinski definition) is 0. The van der Waals surface area contributed by atoms with Crippen LogP contribution in [-0.2, 0) is 10.0 Å². The lowest BCUT2D eigenvalue weighted by molar-refractivity contribution is 0.311. The summed E-state index contributed by atoms with van der Waals surface area (Å²) >= 11 is 0. The van der Waals surface area contributed by atoms with Crippen molar-refractivity contribution >= 4 is 10.0 Å². The fraction of sp³-hybridized carbons (Fsp3) is 1.00. The van der Waals surface area contributed by atoms with Gasteiger partial charge in [-0.05, 0) is 12.3 Å². The van der Waals surface area contributed by atoms with Gasteiger partial charge >= 0.3 is 0 Å². The predicted molar refractivity (Wildman–Crippen MR) is 51.5 cm³/mol. The third-order valence-electron chi connectivity index (χ3n) is 1.54. The van der Waals surface area contributed by atoms with E-state index < -0.39 is 10.0 Å². The van der Waals surface area contributed by atoms with Gasteiger partial charge in [0.1, 0.15) is 0 Å². The molecule has 0 atom stereocenters. The second-order valence-electron chi connectivity index (χ2n) is 4.22. The zero-order chi connectivity index (χ0) is 9.99. The average molecular weight is 193 g/mol. The van der Waals surface area contributed by atoms with E-state index in [9.17, 15) is 8.42 Å². The minimum atomic E-state index is -3.00. The first kappa shape index (κ1) is 11.9. The van der Waals surface area contributed by atoms with Crippen LogP contribution in [0.2, 0.25) is 0 Å². The largest absolute Gasteiger partial charge is 0.213 e. The van der Waals surface area contributed by atoms with Crippen LogP contribution in [0.3, 0.4) is 0 Å². The zero-order valence-corrected chi connectivity index (χ0v) is 9.40. The van der Waals surface area contributed by atoms with Crippen LogP contribution in [0.25, 0.3) is 0 Å². The first-order valence-electron chi connectivity index (χ1n) is 4.13. The third kappa shape index (κ3) is 4.07. The van der Waals surface area contributed by atoms with Crippen molar-refractivity contribution in [2.75, 3.05) is 19.3 Å². The molecule has 0 aliphatic carbocycles. The van der Waals surface area contributed by atoms with E-state index in [1.807, 2.05) is 20.8 Å². The quantitative estimate of drug-likeness (QED) is 0.678. The maximum absolute atomic E-state index is 11.3. The highest BCUT2D eigenvalue weighted by Gasteiger charge is 2.21. The lowest BCUT2D eigenvalue weighted by Crippen LogP contribution is -2.35. The van der Waals surface area contributed by atoms with Gasteiger partial charge in [-0.2, -0.15) is 0 Å². The molecule has 0 amide bonds. The summed E-state index contributed by atoms with van der Waals surface area (Å²) in [6.07, 6.45) is 0. The van der Waals surface area contributed by atoms with Gasteiger partial charge in [0.25, 0.3) is 0 Å². The van der Waals surface area contributed by atoms with Gasteiger partial charge in [0, 0.05) is 13.6 Å². The van der Waals surface area contributed by atoms with Crippen molar-refractivity contribution in [2.24, 2.45) is 5.41 Å². The summed E-state index contributed by atoms with van der Waals surface area (Å²) in [5.41, 5.74) is 0.0248. The van der Waals surface area contributed by atoms with Gasteiger partial charge < -0.3 is 0 Å². The lowest BCUT2D eigenvalue weighted by atomic mass is 9.97. The van der Waals surface area contributed by atoms with Gasteiger partial charge in [0.15, 0.2) is 0 Å². The van der Waals surface area contributed by atoms with Crippen LogP contribution >= 0.6 is 0 Å². The molecule has 0 heterocycles. The number of hydrogen-bond acceptors (Lipinski definition) is 2. The molecule has 0 aliphatic rings. The molecule has 0 radical (unpaired) electrons. The maximum atomic E-state index is 11.3. The monoisotopic (exact) mass is 193 g/mol. The molecule has 0 aliphatic heterocycles. The molecule has 0 spiro atoms. The van der Waals surface area contributed by atoms with E-state index in [1.54, 1.807) is 14.0 Å². The highest BCUT2D eigenvalue weighted by Crippen LogP contribution is 2.15. The normalized spacial score (nSPS) is 13.8. The SMILES string of the molecule is CCS(=O)(=O)N(C)CC(C)(C)C. The number of sulfonamides is 1. The molecular weight excluding hydrogens is 174 g/mol. The summed E-state index contributed by atoms with van der Waals surface area (Å²) in [6, 6.07) is 0. The molecule has 74 valence electrons. The number of nitrogens with zero attached hydrogens (tertiary/aromatic N) is 1. The van der Waals surface area contributed by atoms with Crippen molar-refractivity contribution in [3.05, 3.63) is 0 Å². The van der Waals surface area contributed by atoms with E-state index >= 15 is 0 Å². The fourth-order valence-corrected chi connectivity index (χ4v) is 2.01. The van der Waals surface area contributed by atoms with Crippen LogP contribution in [-0.4, -0.2) is 32.1 Å². The molecule has 0 aromatic rings. The minimum absolute atomic E-state index is 0.0248. The van der Waals surface area contributed by atoms with E-state index in [1.165, 1.54) is 4.31 Å². The standard InChI is InChI=1S/C8H19NO2S/c1-6-12(10,11)9(5)7-8(2,3)4/h6-7H2,1-5H3. The Morgan fingerprint density at radius 2 is 1.67 bits per heavy atom. The molecule has 0 aromatic carbocycles. The molecule has 12 heavy (non-hydrogen) atoms. The molecule has 0 unspecified atom stereocenters. The van der Waals surface area contributed by atoms with Crippen molar-refractivity contribution in [3.63, 3.8) is 0 Å². The maximum Gasteiger partial charge on any atom is 0.213 e. The van der Waals surface area contributed by atoms with Crippen molar-refractivity contribution < 1.29 is 8.42 Å². The molecule has 0 N–H and O–H groups in total. The second kappa shape index (κ2) is 3.75. The van der Waals surface area contributed by atoms with Crippen LogP contribution < -0.4 is 0 Å². The minimum Gasteiger partial charge on any atom is -0.212 e. The first-order chi connectivity index (χ1) is 5.19. The Morgan fingerprint density at radius 3 is 1.92 bits per heavy atom. The van der Waals surface area contributed by atoms with Crippen LogP contribution in [0.4, 0.5) is 0 Å². The fourth-order valence-electron chi connectivity index (χ4n) is 0.987. The molecule has 0 saturated carbocycles. The smallest absolute Gasteiger partial charge is 0.212 e. The van der Waals surface area contributed by atoms with E-state index in [4.69, 9.17) is 0 Å². The molecule has 0 fully saturated rings. The molecule has 0 saturated heterocycles. The Morgan fingerprint density at radius 1 is 1.25 bits per heavy atom. The van der Waals surface area contributed by atoms with Crippen molar-refractivity contribution in [2.45, 2.75) is 27.7 Å². The Bertz CT molecular complexity index is 226. The van der Waals surface area contributed by atoms with Crippen molar-refractivity contribution in [1.82, 2.24) is 4.31 Å². The summed E-state index contributed by atoms with van der Waals surface area (Å²) in [4.78, 5) is 0. The number of rotatable bonds is 3. The Labute approximate surface area is 75.8 Å². The van der Waals surface area contributed by atoms with Gasteiger partial charge in [0.2, 0.25) is 10.0 Å². The summed E-state index contributed by atoms with van der Waals surface area (Å²) in [5.74, 6) is 0.180. The van der Waals surface area contributed by atoms with Crippen LogP contribution in [0, 0.1) is 5.41 Å². The molecule has 0 rings (SSSR count). The van der Waals surface area contributed by atoms with Crippen molar-refractivity contribution in [3.8, 4) is 0 Å². The Balaban J connectivity index is 4.34. The van der Waals surface area contributed by atoms with Gasteiger partial charge in [-0.1, -0.05) is 20.8 Å². The topological polar surface area (TPSA) is 37.4 Å². The Kier molecular flexibility index (Phi) is 3.72. The molecule has 0 aromatic heterocycles. The average Bonchev–Trinajstić information content (AvgIpc) is 1.84. The molecule has 3 nitrogen and oxygen atoms in total. The summed E-state index contributed by atoms with van der Waals surface area (Å²) in [6.45, 7) is 8.30. The Hall–Kier alpha value is -0.0900.